The molecule has 0 spiro atoms. The molecule has 3 aromatic carbocycles. The van der Waals surface area contributed by atoms with Gasteiger partial charge >= 0.3 is 5.97 Å². The molecule has 0 aliphatic carbocycles. The van der Waals surface area contributed by atoms with Crippen LogP contribution in [0.5, 0.6) is 0 Å². The van der Waals surface area contributed by atoms with Crippen molar-refractivity contribution in [2.45, 2.75) is 4.90 Å². The van der Waals surface area contributed by atoms with E-state index in [4.69, 9.17) is 4.74 Å². The number of nitrogens with one attached hydrogen (secondary N) is 1. The van der Waals surface area contributed by atoms with Crippen molar-refractivity contribution in [2.75, 3.05) is 29.6 Å². The lowest BCUT2D eigenvalue weighted by Gasteiger charge is -2.28. The summed E-state index contributed by atoms with van der Waals surface area (Å²) in [5, 5.41) is 2.84. The number of carbonyl (C=O) groups excluding carboxylic acids is 3. The van der Waals surface area contributed by atoms with Gasteiger partial charge in [0.05, 0.1) is 24.1 Å². The van der Waals surface area contributed by atoms with Crippen LogP contribution in [0.2, 0.25) is 0 Å². The molecule has 1 aliphatic heterocycles. The van der Waals surface area contributed by atoms with Crippen molar-refractivity contribution < 1.29 is 19.1 Å². The molecule has 0 saturated heterocycles. The summed E-state index contributed by atoms with van der Waals surface area (Å²) >= 11 is 1.48. The highest BCUT2D eigenvalue weighted by atomic mass is 32.2. The Labute approximate surface area is 195 Å². The molecule has 2 amide bonds. The third-order valence-corrected chi connectivity index (χ3v) is 5.94. The van der Waals surface area contributed by atoms with Gasteiger partial charge in [0.2, 0.25) is 11.8 Å². The van der Waals surface area contributed by atoms with Crippen molar-refractivity contribution in [1.29, 1.82) is 0 Å². The molecule has 164 valence electrons. The zero-order valence-electron chi connectivity index (χ0n) is 17.8. The Bertz CT molecular complexity index is 1290. The van der Waals surface area contributed by atoms with Gasteiger partial charge in [-0.15, -0.1) is 11.8 Å². The van der Waals surface area contributed by atoms with Crippen LogP contribution in [0.4, 0.5) is 11.4 Å². The van der Waals surface area contributed by atoms with Crippen molar-refractivity contribution >= 4 is 40.9 Å². The fourth-order valence-corrected chi connectivity index (χ4v) is 4.27. The van der Waals surface area contributed by atoms with Gasteiger partial charge in [0.25, 0.3) is 0 Å². The fraction of sp³-hybridized carbons (Fsp3) is 0.115. The number of para-hydroxylation sites is 1. The van der Waals surface area contributed by atoms with Gasteiger partial charge in [0.15, 0.2) is 0 Å². The third-order valence-electron chi connectivity index (χ3n) is 4.89. The first kappa shape index (κ1) is 22.2. The second-order valence-corrected chi connectivity index (χ2v) is 8.20. The molecular weight excluding hydrogens is 436 g/mol. The third kappa shape index (κ3) is 5.43. The SMILES string of the molecule is COC(=O)c1cccc(C#Cc2cccc(NC(=O)CN3C(=O)CSc4ccccc43)c2)c1. The number of benzene rings is 3. The number of carbonyl (C=O) groups is 3. The lowest BCUT2D eigenvalue weighted by Crippen LogP contribution is -2.41. The van der Waals surface area contributed by atoms with Gasteiger partial charge in [-0.25, -0.2) is 4.79 Å². The lowest BCUT2D eigenvalue weighted by atomic mass is 10.1. The van der Waals surface area contributed by atoms with Crippen molar-refractivity contribution in [2.24, 2.45) is 0 Å². The molecule has 7 heteroatoms. The van der Waals surface area contributed by atoms with E-state index in [1.165, 1.54) is 23.8 Å². The van der Waals surface area contributed by atoms with Crippen molar-refractivity contribution in [3.8, 4) is 11.8 Å². The van der Waals surface area contributed by atoms with Crippen LogP contribution in [0.25, 0.3) is 0 Å². The standard InChI is InChI=1S/C26H20N2O4S/c1-32-26(31)20-8-4-6-18(14-20)12-13-19-7-5-9-21(15-19)27-24(29)16-28-22-10-2-3-11-23(22)33-17-25(28)30/h2-11,14-15H,16-17H2,1H3,(H,27,29). The second kappa shape index (κ2) is 10.1. The smallest absolute Gasteiger partial charge is 0.337 e. The van der Waals surface area contributed by atoms with Crippen LogP contribution in [0.1, 0.15) is 21.5 Å². The number of fused-ring (bicyclic) bond motifs is 1. The summed E-state index contributed by atoms with van der Waals surface area (Å²) in [5.74, 6) is 5.56. The Balaban J connectivity index is 1.45. The summed E-state index contributed by atoms with van der Waals surface area (Å²) in [6, 6.07) is 21.6. The Morgan fingerprint density at radius 2 is 1.73 bits per heavy atom. The van der Waals surface area contributed by atoms with Gasteiger partial charge in [0, 0.05) is 21.7 Å². The fourth-order valence-electron chi connectivity index (χ4n) is 3.33. The van der Waals surface area contributed by atoms with Crippen LogP contribution in [-0.2, 0) is 14.3 Å². The summed E-state index contributed by atoms with van der Waals surface area (Å²) < 4.78 is 4.73. The van der Waals surface area contributed by atoms with E-state index in [1.807, 2.05) is 30.3 Å². The molecule has 1 heterocycles. The van der Waals surface area contributed by atoms with Crippen molar-refractivity contribution in [1.82, 2.24) is 0 Å². The Kier molecular flexibility index (Phi) is 6.77. The van der Waals surface area contributed by atoms with Gasteiger partial charge < -0.3 is 15.0 Å². The molecule has 0 radical (unpaired) electrons. The highest BCUT2D eigenvalue weighted by Gasteiger charge is 2.26. The topological polar surface area (TPSA) is 75.7 Å². The molecule has 3 aromatic rings. The number of methoxy groups -OCH3 is 1. The number of thioether (sulfide) groups is 1. The maximum absolute atomic E-state index is 12.7. The van der Waals surface area contributed by atoms with Gasteiger partial charge in [-0.3, -0.25) is 9.59 Å². The minimum Gasteiger partial charge on any atom is -0.465 e. The number of anilines is 2. The minimum atomic E-state index is -0.420. The molecule has 4 rings (SSSR count). The second-order valence-electron chi connectivity index (χ2n) is 7.19. The predicted molar refractivity (Wildman–Crippen MR) is 128 cm³/mol. The number of ether oxygens (including phenoxy) is 1. The molecule has 1 N–H and O–H groups in total. The van der Waals surface area contributed by atoms with Crippen LogP contribution in [-0.4, -0.2) is 37.2 Å². The van der Waals surface area contributed by atoms with E-state index in [0.29, 0.717) is 28.1 Å². The number of rotatable bonds is 4. The van der Waals surface area contributed by atoms with Crippen LogP contribution in [0.3, 0.4) is 0 Å². The normalized spacial score (nSPS) is 12.3. The van der Waals surface area contributed by atoms with Gasteiger partial charge in [-0.1, -0.05) is 36.1 Å². The first-order chi connectivity index (χ1) is 16.0. The number of esters is 1. The van der Waals surface area contributed by atoms with E-state index in [-0.39, 0.29) is 18.4 Å². The number of amides is 2. The molecule has 33 heavy (non-hydrogen) atoms. The molecule has 0 bridgehead atoms. The highest BCUT2D eigenvalue weighted by Crippen LogP contribution is 2.34. The predicted octanol–water partition coefficient (Wildman–Crippen LogP) is 3.95. The average molecular weight is 457 g/mol. The summed E-state index contributed by atoms with van der Waals surface area (Å²) in [6.07, 6.45) is 0. The van der Waals surface area contributed by atoms with Crippen LogP contribution in [0.15, 0.2) is 77.7 Å². The Morgan fingerprint density at radius 3 is 2.52 bits per heavy atom. The lowest BCUT2D eigenvalue weighted by molar-refractivity contribution is -0.120. The van der Waals surface area contributed by atoms with E-state index in [0.717, 1.165) is 10.6 Å². The molecule has 0 atom stereocenters. The van der Waals surface area contributed by atoms with Gasteiger partial charge in [-0.05, 0) is 48.5 Å². The van der Waals surface area contributed by atoms with E-state index in [2.05, 4.69) is 17.2 Å². The van der Waals surface area contributed by atoms with E-state index >= 15 is 0 Å². The summed E-state index contributed by atoms with van der Waals surface area (Å²) in [4.78, 5) is 39.2. The molecule has 1 aliphatic rings. The molecule has 0 saturated carbocycles. The first-order valence-corrected chi connectivity index (χ1v) is 11.1. The summed E-state index contributed by atoms with van der Waals surface area (Å²) in [7, 11) is 1.33. The van der Waals surface area contributed by atoms with Crippen LogP contribution < -0.4 is 10.2 Å². The zero-order valence-corrected chi connectivity index (χ0v) is 18.6. The highest BCUT2D eigenvalue weighted by molar-refractivity contribution is 8.00. The van der Waals surface area contributed by atoms with Crippen molar-refractivity contribution in [3.63, 3.8) is 0 Å². The maximum atomic E-state index is 12.7. The van der Waals surface area contributed by atoms with Gasteiger partial charge in [0.1, 0.15) is 6.54 Å². The zero-order chi connectivity index (χ0) is 23.2. The molecule has 0 fully saturated rings. The Morgan fingerprint density at radius 1 is 1.00 bits per heavy atom. The molecular formula is C26H20N2O4S. The van der Waals surface area contributed by atoms with Crippen LogP contribution in [0, 0.1) is 11.8 Å². The summed E-state index contributed by atoms with van der Waals surface area (Å²) in [6.45, 7) is -0.0629. The van der Waals surface area contributed by atoms with Crippen LogP contribution >= 0.6 is 11.8 Å². The van der Waals surface area contributed by atoms with E-state index in [9.17, 15) is 14.4 Å². The van der Waals surface area contributed by atoms with E-state index < -0.39 is 5.97 Å². The summed E-state index contributed by atoms with van der Waals surface area (Å²) in [5.41, 5.74) is 3.14. The molecule has 0 aromatic heterocycles. The number of nitrogens with zero attached hydrogens (tertiary/aromatic N) is 1. The largest absolute Gasteiger partial charge is 0.465 e. The average Bonchev–Trinajstić information content (AvgIpc) is 2.84. The Hall–Kier alpha value is -4.02. The first-order valence-electron chi connectivity index (χ1n) is 10.2. The van der Waals surface area contributed by atoms with Gasteiger partial charge in [-0.2, -0.15) is 0 Å². The maximum Gasteiger partial charge on any atom is 0.337 e. The van der Waals surface area contributed by atoms with E-state index in [1.54, 1.807) is 42.5 Å². The minimum absolute atomic E-state index is 0.0629. The number of hydrogen-bond acceptors (Lipinski definition) is 5. The number of hydrogen-bond donors (Lipinski definition) is 1. The van der Waals surface area contributed by atoms with Crippen molar-refractivity contribution in [3.05, 3.63) is 89.5 Å². The monoisotopic (exact) mass is 456 g/mol. The quantitative estimate of drug-likeness (QED) is 0.475. The molecule has 0 unspecified atom stereocenters. The molecule has 6 nitrogen and oxygen atoms in total.